The van der Waals surface area contributed by atoms with Gasteiger partial charge in [-0.25, -0.2) is 9.13 Å². The Labute approximate surface area is 710 Å². The molecular weight excluding hydrogens is 1580 g/mol. The minimum Gasteiger partial charge on any atom is -0.467 e. The standard InChI is InChI=1S/C14H18O2.C12H12F4O2.2C12H16O2.C11H13ClO2.C11H12F2O2.C11H13FO2.C11H14O2.2CH4/c1-13(2,3)10-5-6-11-12(9-10)16-14(15-11)7-4-8-14;1-10(2,3)7-4-5-9-8(6-7)11(13,14)18-12(15,16)17-9;1-12(2,3)10-4-5-11-9(6-10)7-13-8-14-11;1-12(2,3)10-5-4-9-7-13-8-14-11(9)6-10;1-11(2,3)7-4-8(12)10-9(5-7)13-6-14-10;1-10(2,3)7-4-5-8-9(6-7)15-11(12,13)14-8;1-11(2,3)7-4-8(12)10-9(5-7)13-6-14-10;1-11(2,3)8-4-5-9-10(6-8)13-7-12-9;;/h5-6,9H,4,7-8H2,1-3H3;4-6H,1-3H3;2*4-6H,7-8H2,1-3H3;4-5H,6H2,1-3H3;4-6H,1-3H3;4-5H,6H2,1-3H3;4-6H,7H2,1-3H3;2*1H4. The molecule has 1 aliphatic carbocycles. The van der Waals surface area contributed by atoms with Crippen LogP contribution in [0.4, 0.5) is 30.7 Å². The van der Waals surface area contributed by atoms with Crippen molar-refractivity contribution in [3.05, 3.63) is 205 Å². The van der Waals surface area contributed by atoms with Gasteiger partial charge in [-0.05, 0) is 185 Å². The maximum atomic E-state index is 13.5. The molecule has 0 aromatic heterocycles. The Morgan fingerprint density at radius 2 is 0.633 bits per heavy atom. The van der Waals surface area contributed by atoms with Gasteiger partial charge in [0.1, 0.15) is 17.2 Å². The van der Waals surface area contributed by atoms with Crippen molar-refractivity contribution in [2.24, 2.45) is 0 Å². The van der Waals surface area contributed by atoms with Crippen molar-refractivity contribution in [3.63, 3.8) is 0 Å². The Kier molecular flexibility index (Phi) is 29.3. The number of alkyl halides is 6. The highest BCUT2D eigenvalue weighted by atomic mass is 35.5. The number of hydrogen-bond donors (Lipinski definition) is 0. The predicted molar refractivity (Wildman–Crippen MR) is 453 cm³/mol. The number of ether oxygens (including phenoxy) is 16. The van der Waals surface area contributed by atoms with Crippen molar-refractivity contribution in [1.29, 1.82) is 0 Å². The van der Waals surface area contributed by atoms with Crippen LogP contribution in [-0.2, 0) is 76.9 Å². The first-order valence-electron chi connectivity index (χ1n) is 39.5. The van der Waals surface area contributed by atoms with Crippen LogP contribution in [0.5, 0.6) is 74.7 Å². The normalized spacial score (nSPS) is 16.9. The third-order valence-electron chi connectivity index (χ3n) is 20.2. The largest absolute Gasteiger partial charge is 0.586 e. The van der Waals surface area contributed by atoms with Crippen molar-refractivity contribution in [3.8, 4) is 74.7 Å². The van der Waals surface area contributed by atoms with Gasteiger partial charge in [0.05, 0.1) is 23.8 Å². The number of fused-ring (bicyclic) bond motifs is 8. The van der Waals surface area contributed by atoms with E-state index in [0.717, 1.165) is 93.0 Å². The summed E-state index contributed by atoms with van der Waals surface area (Å²) in [6.07, 6.45) is -8.67. The van der Waals surface area contributed by atoms with Crippen molar-refractivity contribution >= 4 is 11.6 Å². The zero-order chi connectivity index (χ0) is 87.0. The molecule has 0 bridgehead atoms. The lowest BCUT2D eigenvalue weighted by atomic mass is 9.86. The van der Waals surface area contributed by atoms with Crippen LogP contribution in [0.1, 0.15) is 261 Å². The summed E-state index contributed by atoms with van der Waals surface area (Å²) in [5.41, 5.74) is 10.6. The van der Waals surface area contributed by atoms with E-state index >= 15 is 0 Å². The van der Waals surface area contributed by atoms with Crippen LogP contribution >= 0.6 is 11.6 Å². The molecule has 0 amide bonds. The second-order valence-corrected chi connectivity index (χ2v) is 38.6. The highest BCUT2D eigenvalue weighted by Crippen LogP contribution is 2.52. The van der Waals surface area contributed by atoms with Gasteiger partial charge < -0.3 is 71.1 Å². The van der Waals surface area contributed by atoms with Crippen molar-refractivity contribution in [2.75, 3.05) is 34.0 Å². The van der Waals surface area contributed by atoms with E-state index in [1.54, 1.807) is 12.1 Å². The van der Waals surface area contributed by atoms with E-state index in [4.69, 9.17) is 68.4 Å². The first kappa shape index (κ1) is 96.3. The molecule has 9 aliphatic rings. The van der Waals surface area contributed by atoms with Crippen LogP contribution < -0.4 is 61.6 Å². The topological polar surface area (TPSA) is 148 Å². The summed E-state index contributed by atoms with van der Waals surface area (Å²) < 4.78 is 172. The van der Waals surface area contributed by atoms with Gasteiger partial charge in [0.25, 0.3) is 5.79 Å². The fourth-order valence-electron chi connectivity index (χ4n) is 12.6. The van der Waals surface area contributed by atoms with Crippen LogP contribution in [-0.4, -0.2) is 52.3 Å². The SMILES string of the molecule is C.C.CC(C)(C)c1cc(Cl)c2c(c1)OCO2.CC(C)(C)c1cc(F)c2c(c1)OCO2.CC(C)(C)c1ccc2c(c1)C(F)(F)OC(F)(F)O2.CC(C)(C)c1ccc2c(c1)COCO2.CC(C)(C)c1ccc2c(c1)OC(F)(F)O2.CC(C)(C)c1ccc2c(c1)OC1(CCC1)O2.CC(C)(C)c1ccc2c(c1)OCO2.CC(C)(C)c1ccc2c(c1)OCOC2. The van der Waals surface area contributed by atoms with Crippen LogP contribution in [0.25, 0.3) is 0 Å². The smallest absolute Gasteiger partial charge is 0.467 e. The average molecular weight is 1700 g/mol. The van der Waals surface area contributed by atoms with Crippen LogP contribution in [0.2, 0.25) is 5.02 Å². The third-order valence-corrected chi connectivity index (χ3v) is 20.5. The van der Waals surface area contributed by atoms with Gasteiger partial charge in [-0.2, -0.15) is 8.78 Å². The van der Waals surface area contributed by atoms with Gasteiger partial charge in [-0.1, -0.05) is 235 Å². The number of benzene rings is 8. The fourth-order valence-corrected chi connectivity index (χ4v) is 12.8. The first-order chi connectivity index (χ1) is 54.5. The van der Waals surface area contributed by atoms with Gasteiger partial charge >= 0.3 is 18.7 Å². The molecule has 658 valence electrons. The van der Waals surface area contributed by atoms with Crippen molar-refractivity contribution in [1.82, 2.24) is 0 Å². The second-order valence-electron chi connectivity index (χ2n) is 38.2. The molecule has 8 aliphatic heterocycles. The molecule has 8 heterocycles. The van der Waals surface area contributed by atoms with Gasteiger partial charge in [0.2, 0.25) is 26.1 Å². The molecule has 120 heavy (non-hydrogen) atoms. The van der Waals surface area contributed by atoms with Gasteiger partial charge in [0.15, 0.2) is 71.1 Å². The van der Waals surface area contributed by atoms with Gasteiger partial charge in [-0.15, -0.1) is 17.6 Å². The summed E-state index contributed by atoms with van der Waals surface area (Å²) in [7, 11) is 0. The van der Waals surface area contributed by atoms with Crippen LogP contribution in [0.15, 0.2) is 133 Å². The van der Waals surface area contributed by atoms with E-state index in [2.05, 4.69) is 177 Å². The van der Waals surface area contributed by atoms with Gasteiger partial charge in [-0.3, -0.25) is 0 Å². The van der Waals surface area contributed by atoms with Crippen molar-refractivity contribution in [2.45, 2.75) is 281 Å². The fraction of sp³-hybridized carbons (Fsp3) is 0.500. The molecular formula is C96H122ClF7O16. The monoisotopic (exact) mass is 1700 g/mol. The Hall–Kier alpha value is -9.16. The van der Waals surface area contributed by atoms with E-state index in [1.165, 1.54) is 46.9 Å². The Morgan fingerprint density at radius 3 is 1.14 bits per heavy atom. The molecule has 0 N–H and O–H groups in total. The van der Waals surface area contributed by atoms with E-state index < -0.39 is 30.0 Å². The number of halogens is 8. The molecule has 1 spiro atoms. The molecule has 8 aromatic rings. The summed E-state index contributed by atoms with van der Waals surface area (Å²) >= 11 is 6.08. The number of hydrogen-bond acceptors (Lipinski definition) is 16. The van der Waals surface area contributed by atoms with E-state index in [1.807, 2.05) is 98.7 Å². The summed E-state index contributed by atoms with van der Waals surface area (Å²) in [4.78, 5) is 0. The minimum atomic E-state index is -4.32. The Balaban J connectivity index is 0.000000171. The highest BCUT2D eigenvalue weighted by Gasteiger charge is 2.55. The van der Waals surface area contributed by atoms with E-state index in [0.29, 0.717) is 55.7 Å². The molecule has 0 saturated heterocycles. The van der Waals surface area contributed by atoms with E-state index in [-0.39, 0.29) is 101 Å². The molecule has 0 unspecified atom stereocenters. The summed E-state index contributed by atoms with van der Waals surface area (Å²) in [5.74, 6) is 6.64. The summed E-state index contributed by atoms with van der Waals surface area (Å²) in [6.45, 7) is 53.2. The van der Waals surface area contributed by atoms with Gasteiger partial charge in [0, 0.05) is 24.0 Å². The molecule has 1 fully saturated rings. The average Bonchev–Trinajstić information content (AvgIpc) is 1.47. The number of rotatable bonds is 0. The highest BCUT2D eigenvalue weighted by molar-refractivity contribution is 6.32. The lowest BCUT2D eigenvalue weighted by Gasteiger charge is -2.35. The maximum Gasteiger partial charge on any atom is 0.586 e. The van der Waals surface area contributed by atoms with Crippen molar-refractivity contribution < 1.29 is 107 Å². The quantitative estimate of drug-likeness (QED) is 0.132. The zero-order valence-corrected chi connectivity index (χ0v) is 73.1. The van der Waals surface area contributed by atoms with Crippen LogP contribution in [0.3, 0.4) is 0 Å². The Morgan fingerprint density at radius 1 is 0.292 bits per heavy atom. The predicted octanol–water partition coefficient (Wildman–Crippen LogP) is 26.8. The second kappa shape index (κ2) is 36.5. The molecule has 8 aromatic carbocycles. The Bertz CT molecular complexity index is 4710. The maximum absolute atomic E-state index is 13.5. The molecule has 0 radical (unpaired) electrons. The molecule has 16 nitrogen and oxygen atoms in total. The molecule has 17 rings (SSSR count). The zero-order valence-electron chi connectivity index (χ0n) is 72.3. The van der Waals surface area contributed by atoms with E-state index in [9.17, 15) is 30.7 Å². The summed E-state index contributed by atoms with van der Waals surface area (Å²) in [5, 5.41) is 0.630. The first-order valence-corrected chi connectivity index (χ1v) is 39.8. The summed E-state index contributed by atoms with van der Waals surface area (Å²) in [6, 6.07) is 41.0. The minimum absolute atomic E-state index is 0. The lowest BCUT2D eigenvalue weighted by Crippen LogP contribution is -2.45. The van der Waals surface area contributed by atoms with Crippen LogP contribution in [0, 0.1) is 5.82 Å². The molecule has 1 saturated carbocycles. The third kappa shape index (κ3) is 24.8. The lowest BCUT2D eigenvalue weighted by molar-refractivity contribution is -0.461. The molecule has 0 atom stereocenters. The molecule has 24 heteroatoms.